The summed E-state index contributed by atoms with van der Waals surface area (Å²) in [7, 11) is 0. The zero-order valence-corrected chi connectivity index (χ0v) is 15.1. The molecule has 0 saturated heterocycles. The minimum atomic E-state index is 0.255. The molecule has 2 aromatic carbocycles. The van der Waals surface area contributed by atoms with Crippen molar-refractivity contribution in [3.63, 3.8) is 0 Å². The molecular formula is C16H16Br2ClN. The fourth-order valence-corrected chi connectivity index (χ4v) is 3.61. The van der Waals surface area contributed by atoms with Gasteiger partial charge >= 0.3 is 0 Å². The zero-order valence-electron chi connectivity index (χ0n) is 11.2. The molecule has 2 rings (SSSR count). The van der Waals surface area contributed by atoms with Crippen LogP contribution in [0.1, 0.15) is 24.1 Å². The molecule has 20 heavy (non-hydrogen) atoms. The van der Waals surface area contributed by atoms with Crippen LogP contribution in [0.4, 0.5) is 0 Å². The van der Waals surface area contributed by atoms with Gasteiger partial charge in [-0.15, -0.1) is 0 Å². The van der Waals surface area contributed by atoms with E-state index in [4.69, 9.17) is 11.6 Å². The summed E-state index contributed by atoms with van der Waals surface area (Å²) in [4.78, 5) is 0. The Hall–Kier alpha value is -0.350. The van der Waals surface area contributed by atoms with Crippen molar-refractivity contribution < 1.29 is 0 Å². The van der Waals surface area contributed by atoms with E-state index < -0.39 is 0 Å². The number of rotatable bonds is 5. The van der Waals surface area contributed by atoms with E-state index in [1.165, 1.54) is 11.1 Å². The molecule has 0 aromatic heterocycles. The molecule has 1 atom stereocenters. The third-order valence-corrected chi connectivity index (χ3v) is 4.87. The molecule has 0 bridgehead atoms. The van der Waals surface area contributed by atoms with Crippen LogP contribution < -0.4 is 5.32 Å². The third kappa shape index (κ3) is 4.08. The second-order valence-corrected chi connectivity index (χ2v) is 6.72. The molecule has 0 fully saturated rings. The second-order valence-electron chi connectivity index (χ2n) is 4.57. The van der Waals surface area contributed by atoms with Gasteiger partial charge in [-0.25, -0.2) is 0 Å². The van der Waals surface area contributed by atoms with E-state index in [0.717, 1.165) is 26.9 Å². The number of halogens is 3. The highest BCUT2D eigenvalue weighted by atomic mass is 79.9. The van der Waals surface area contributed by atoms with E-state index in [9.17, 15) is 0 Å². The molecule has 0 amide bonds. The lowest BCUT2D eigenvalue weighted by Gasteiger charge is -2.20. The molecular weight excluding hydrogens is 401 g/mol. The van der Waals surface area contributed by atoms with Crippen LogP contribution in [0.5, 0.6) is 0 Å². The van der Waals surface area contributed by atoms with Gasteiger partial charge in [-0.05, 0) is 42.3 Å². The van der Waals surface area contributed by atoms with Gasteiger partial charge in [0.1, 0.15) is 0 Å². The van der Waals surface area contributed by atoms with Crippen molar-refractivity contribution in [3.05, 3.63) is 67.6 Å². The topological polar surface area (TPSA) is 12.0 Å². The molecule has 0 aliphatic heterocycles. The molecule has 1 nitrogen and oxygen atoms in total. The summed E-state index contributed by atoms with van der Waals surface area (Å²) in [6.45, 7) is 3.04. The molecule has 1 N–H and O–H groups in total. The number of likely N-dealkylation sites (N-methyl/N-ethyl adjacent to an activating group) is 1. The smallest absolute Gasteiger partial charge is 0.0417 e. The molecule has 2 aromatic rings. The van der Waals surface area contributed by atoms with Crippen molar-refractivity contribution in [1.29, 1.82) is 0 Å². The number of nitrogens with one attached hydrogen (secondary N) is 1. The van der Waals surface area contributed by atoms with Gasteiger partial charge in [0.2, 0.25) is 0 Å². The maximum atomic E-state index is 6.03. The second kappa shape index (κ2) is 7.60. The lowest BCUT2D eigenvalue weighted by molar-refractivity contribution is 0.547. The quantitative estimate of drug-likeness (QED) is 0.652. The summed E-state index contributed by atoms with van der Waals surface area (Å²) in [6.07, 6.45) is 0.926. The summed E-state index contributed by atoms with van der Waals surface area (Å²) < 4.78 is 2.19. The van der Waals surface area contributed by atoms with Crippen molar-refractivity contribution in [1.82, 2.24) is 5.32 Å². The summed E-state index contributed by atoms with van der Waals surface area (Å²) in [5.41, 5.74) is 2.52. The standard InChI is InChI=1S/C16H16Br2ClN/c1-2-20-16(9-11-5-3-4-6-14(11)17)13-8-7-12(19)10-15(13)18/h3-8,10,16,20H,2,9H2,1H3. The van der Waals surface area contributed by atoms with Crippen LogP contribution in [0, 0.1) is 0 Å². The average Bonchev–Trinajstić information content (AvgIpc) is 2.41. The SMILES string of the molecule is CCNC(Cc1ccccc1Br)c1ccc(Cl)cc1Br. The van der Waals surface area contributed by atoms with Gasteiger partial charge in [-0.2, -0.15) is 0 Å². The Bertz CT molecular complexity index is 586. The maximum absolute atomic E-state index is 6.03. The summed E-state index contributed by atoms with van der Waals surface area (Å²) in [5, 5.41) is 4.29. The van der Waals surface area contributed by atoms with Crippen molar-refractivity contribution in [2.24, 2.45) is 0 Å². The lowest BCUT2D eigenvalue weighted by Crippen LogP contribution is -2.23. The zero-order chi connectivity index (χ0) is 14.5. The predicted molar refractivity (Wildman–Crippen MR) is 93.4 cm³/mol. The fourth-order valence-electron chi connectivity index (χ4n) is 2.21. The van der Waals surface area contributed by atoms with Crippen LogP contribution >= 0.6 is 43.5 Å². The van der Waals surface area contributed by atoms with Crippen molar-refractivity contribution in [3.8, 4) is 0 Å². The van der Waals surface area contributed by atoms with Crippen LogP contribution in [0.2, 0.25) is 5.02 Å². The first-order valence-corrected chi connectivity index (χ1v) is 8.50. The van der Waals surface area contributed by atoms with E-state index in [-0.39, 0.29) is 6.04 Å². The molecule has 0 heterocycles. The normalized spacial score (nSPS) is 12.4. The summed E-state index contributed by atoms with van der Waals surface area (Å²) in [6, 6.07) is 14.6. The number of benzene rings is 2. The largest absolute Gasteiger partial charge is 0.310 e. The number of hydrogen-bond acceptors (Lipinski definition) is 1. The molecule has 0 spiro atoms. The van der Waals surface area contributed by atoms with Gasteiger partial charge in [0.15, 0.2) is 0 Å². The monoisotopic (exact) mass is 415 g/mol. The van der Waals surface area contributed by atoms with Crippen LogP contribution in [0.15, 0.2) is 51.4 Å². The number of hydrogen-bond donors (Lipinski definition) is 1. The minimum absolute atomic E-state index is 0.255. The van der Waals surface area contributed by atoms with Crippen LogP contribution in [-0.2, 0) is 6.42 Å². The van der Waals surface area contributed by atoms with Crippen molar-refractivity contribution in [2.75, 3.05) is 6.54 Å². The van der Waals surface area contributed by atoms with E-state index in [1.807, 2.05) is 18.2 Å². The highest BCUT2D eigenvalue weighted by Crippen LogP contribution is 2.30. The van der Waals surface area contributed by atoms with Gasteiger partial charge in [-0.3, -0.25) is 0 Å². The fraction of sp³-hybridized carbons (Fsp3) is 0.250. The van der Waals surface area contributed by atoms with Gasteiger partial charge < -0.3 is 5.32 Å². The Labute approximate surface area is 142 Å². The highest BCUT2D eigenvalue weighted by Gasteiger charge is 2.15. The Morgan fingerprint density at radius 3 is 2.50 bits per heavy atom. The Balaban J connectivity index is 2.29. The van der Waals surface area contributed by atoms with E-state index >= 15 is 0 Å². The van der Waals surface area contributed by atoms with Gasteiger partial charge in [0.05, 0.1) is 0 Å². The predicted octanol–water partition coefficient (Wildman–Crippen LogP) is 5.76. The third-order valence-electron chi connectivity index (χ3n) is 3.17. The Morgan fingerprint density at radius 2 is 1.85 bits per heavy atom. The van der Waals surface area contributed by atoms with Gasteiger partial charge in [-0.1, -0.05) is 74.7 Å². The molecule has 0 radical (unpaired) electrons. The van der Waals surface area contributed by atoms with Gasteiger partial charge in [0, 0.05) is 20.0 Å². The van der Waals surface area contributed by atoms with Crippen LogP contribution in [0.25, 0.3) is 0 Å². The Morgan fingerprint density at radius 1 is 1.10 bits per heavy atom. The molecule has 0 saturated carbocycles. The van der Waals surface area contributed by atoms with Gasteiger partial charge in [0.25, 0.3) is 0 Å². The first-order valence-electron chi connectivity index (χ1n) is 6.53. The molecule has 0 aliphatic carbocycles. The molecule has 106 valence electrons. The average molecular weight is 418 g/mol. The van der Waals surface area contributed by atoms with E-state index in [2.05, 4.69) is 68.4 Å². The lowest BCUT2D eigenvalue weighted by atomic mass is 9.99. The van der Waals surface area contributed by atoms with Crippen LogP contribution in [0.3, 0.4) is 0 Å². The molecule has 4 heteroatoms. The summed E-state index contributed by atoms with van der Waals surface area (Å²) >= 11 is 13.3. The highest BCUT2D eigenvalue weighted by molar-refractivity contribution is 9.10. The minimum Gasteiger partial charge on any atom is -0.310 e. The first kappa shape index (κ1) is 16.0. The van der Waals surface area contributed by atoms with Crippen molar-refractivity contribution >= 4 is 43.5 Å². The van der Waals surface area contributed by atoms with E-state index in [0.29, 0.717) is 0 Å². The maximum Gasteiger partial charge on any atom is 0.0417 e. The van der Waals surface area contributed by atoms with E-state index in [1.54, 1.807) is 0 Å². The summed E-state index contributed by atoms with van der Waals surface area (Å²) in [5.74, 6) is 0. The van der Waals surface area contributed by atoms with Crippen molar-refractivity contribution in [2.45, 2.75) is 19.4 Å². The first-order chi connectivity index (χ1) is 9.61. The molecule has 0 aliphatic rings. The van der Waals surface area contributed by atoms with Crippen LogP contribution in [-0.4, -0.2) is 6.54 Å². The Kier molecular flexibility index (Phi) is 6.09. The molecule has 1 unspecified atom stereocenters.